The van der Waals surface area contributed by atoms with Gasteiger partial charge in [-0.1, -0.05) is 36.4 Å². The van der Waals surface area contributed by atoms with Gasteiger partial charge in [-0.2, -0.15) is 0 Å². The topological polar surface area (TPSA) is 233 Å². The van der Waals surface area contributed by atoms with Gasteiger partial charge in [-0.15, -0.1) is 0 Å². The van der Waals surface area contributed by atoms with Crippen molar-refractivity contribution in [3.05, 3.63) is 72.1 Å². The molecule has 0 spiro atoms. The number of benzene rings is 2. The van der Waals surface area contributed by atoms with Gasteiger partial charge in [0.15, 0.2) is 5.96 Å². The molecule has 0 aliphatic carbocycles. The Kier molecular flexibility index (Phi) is 10.7. The van der Waals surface area contributed by atoms with Gasteiger partial charge in [0.05, 0.1) is 6.04 Å². The first-order chi connectivity index (χ1) is 22.7. The molecule has 1 fully saturated rings. The lowest BCUT2D eigenvalue weighted by Crippen LogP contribution is -2.58. The molecule has 14 heteroatoms. The largest absolute Gasteiger partial charge is 0.480 e. The molecule has 4 aromatic rings. The van der Waals surface area contributed by atoms with Gasteiger partial charge in [-0.3, -0.25) is 19.4 Å². The van der Waals surface area contributed by atoms with Gasteiger partial charge in [0.2, 0.25) is 17.7 Å². The highest BCUT2D eigenvalue weighted by molar-refractivity contribution is 5.95. The van der Waals surface area contributed by atoms with E-state index in [-0.39, 0.29) is 37.7 Å². The van der Waals surface area contributed by atoms with Crippen LogP contribution in [-0.4, -0.2) is 82.0 Å². The highest BCUT2D eigenvalue weighted by Gasteiger charge is 2.32. The summed E-state index contributed by atoms with van der Waals surface area (Å²) in [4.78, 5) is 63.4. The van der Waals surface area contributed by atoms with Crippen LogP contribution >= 0.6 is 0 Å². The molecule has 2 aromatic heterocycles. The van der Waals surface area contributed by atoms with Crippen molar-refractivity contribution in [2.24, 2.45) is 16.5 Å². The molecule has 1 saturated heterocycles. The number of nitrogens with zero attached hydrogens (tertiary/aromatic N) is 1. The third kappa shape index (κ3) is 8.47. The molecular formula is C33H41N9O5. The van der Waals surface area contributed by atoms with Crippen LogP contribution in [0.1, 0.15) is 36.8 Å². The molecule has 3 amide bonds. The molecule has 11 N–H and O–H groups in total. The first-order valence-corrected chi connectivity index (χ1v) is 15.7. The van der Waals surface area contributed by atoms with Crippen LogP contribution in [0.4, 0.5) is 0 Å². The van der Waals surface area contributed by atoms with Gasteiger partial charge in [-0.25, -0.2) is 4.79 Å². The maximum Gasteiger partial charge on any atom is 0.326 e. The molecule has 2 aromatic carbocycles. The molecule has 5 rings (SSSR count). The number of rotatable bonds is 15. The molecule has 3 heterocycles. The Morgan fingerprint density at radius 1 is 0.830 bits per heavy atom. The van der Waals surface area contributed by atoms with Crippen molar-refractivity contribution in [3.63, 3.8) is 0 Å². The number of aromatic nitrogens is 2. The predicted octanol–water partition coefficient (Wildman–Crippen LogP) is 0.779. The molecule has 47 heavy (non-hydrogen) atoms. The molecule has 248 valence electrons. The standard InChI is InChI=1S/C33H41N9O5/c34-33(35)37-14-6-12-26(32(46)47)40-30(44)27(15-19-17-38-23-9-3-1-7-21(19)23)42-31(45)28(41-29(43)25-11-5-13-36-25)16-20-18-39-24-10-4-2-8-22(20)24/h1-4,7-10,17-18,25-28,36,38-39H,5-6,11-16H2,(H,40,44)(H,41,43)(H,42,45)(H,46,47)(H4,34,35,37). The van der Waals surface area contributed by atoms with Crippen molar-refractivity contribution in [3.8, 4) is 0 Å². The SMILES string of the molecule is NC(N)=NCCCC(NC(=O)C(Cc1c[nH]c2ccccc12)NC(=O)C(Cc1c[nH]c2ccccc12)NC(=O)C1CCCN1)C(=O)O. The van der Waals surface area contributed by atoms with Gasteiger partial charge >= 0.3 is 5.97 Å². The number of aromatic amines is 2. The van der Waals surface area contributed by atoms with E-state index in [1.165, 1.54) is 0 Å². The number of carbonyl (C=O) groups is 4. The second kappa shape index (κ2) is 15.3. The Morgan fingerprint density at radius 2 is 1.38 bits per heavy atom. The number of carbonyl (C=O) groups excluding carboxylic acids is 3. The molecule has 0 bridgehead atoms. The molecule has 0 radical (unpaired) electrons. The van der Waals surface area contributed by atoms with E-state index in [4.69, 9.17) is 11.5 Å². The second-order valence-electron chi connectivity index (χ2n) is 11.7. The number of carboxylic acid groups (broad SMARTS) is 1. The van der Waals surface area contributed by atoms with E-state index in [1.807, 2.05) is 48.5 Å². The third-order valence-electron chi connectivity index (χ3n) is 8.40. The lowest BCUT2D eigenvalue weighted by molar-refractivity contribution is -0.142. The van der Waals surface area contributed by atoms with Crippen LogP contribution in [-0.2, 0) is 32.0 Å². The van der Waals surface area contributed by atoms with Crippen LogP contribution in [0, 0.1) is 0 Å². The smallest absolute Gasteiger partial charge is 0.326 e. The van der Waals surface area contributed by atoms with Gasteiger partial charge in [-0.05, 0) is 55.5 Å². The number of aliphatic carboxylic acids is 1. The van der Waals surface area contributed by atoms with Crippen molar-refractivity contribution in [2.75, 3.05) is 13.1 Å². The van der Waals surface area contributed by atoms with Gasteiger partial charge < -0.3 is 47.8 Å². The summed E-state index contributed by atoms with van der Waals surface area (Å²) in [6.45, 7) is 0.906. The highest BCUT2D eigenvalue weighted by Crippen LogP contribution is 2.21. The first-order valence-electron chi connectivity index (χ1n) is 15.7. The number of hydrogen-bond donors (Lipinski definition) is 9. The van der Waals surface area contributed by atoms with Crippen LogP contribution in [0.15, 0.2) is 65.9 Å². The summed E-state index contributed by atoms with van der Waals surface area (Å²) >= 11 is 0. The maximum absolute atomic E-state index is 14.1. The molecule has 4 atom stereocenters. The third-order valence-corrected chi connectivity index (χ3v) is 8.40. The van der Waals surface area contributed by atoms with E-state index >= 15 is 0 Å². The average Bonchev–Trinajstić information content (AvgIpc) is 3.83. The summed E-state index contributed by atoms with van der Waals surface area (Å²) in [5.74, 6) is -2.88. The van der Waals surface area contributed by atoms with Crippen molar-refractivity contribution in [1.29, 1.82) is 0 Å². The maximum atomic E-state index is 14.1. The summed E-state index contributed by atoms with van der Waals surface area (Å²) in [5.41, 5.74) is 14.1. The van der Waals surface area contributed by atoms with Crippen LogP contribution in [0.25, 0.3) is 21.8 Å². The summed E-state index contributed by atoms with van der Waals surface area (Å²) < 4.78 is 0. The van der Waals surface area contributed by atoms with Crippen LogP contribution in [0.5, 0.6) is 0 Å². The minimum absolute atomic E-state index is 0.0687. The number of H-pyrrole nitrogens is 2. The van der Waals surface area contributed by atoms with Crippen molar-refractivity contribution in [1.82, 2.24) is 31.2 Å². The Morgan fingerprint density at radius 3 is 1.91 bits per heavy atom. The number of amides is 3. The normalized spacial score (nSPS) is 16.3. The number of aliphatic imine (C=N–C) groups is 1. The first kappa shape index (κ1) is 33.0. The number of carboxylic acids is 1. The summed E-state index contributed by atoms with van der Waals surface area (Å²) in [6, 6.07) is 11.4. The zero-order valence-corrected chi connectivity index (χ0v) is 25.9. The van der Waals surface area contributed by atoms with E-state index < -0.39 is 42.0 Å². The zero-order valence-electron chi connectivity index (χ0n) is 25.9. The Hall–Kier alpha value is -5.37. The number of para-hydroxylation sites is 2. The van der Waals surface area contributed by atoms with Gasteiger partial charge in [0.25, 0.3) is 0 Å². The fraction of sp³-hybridized carbons (Fsp3) is 0.364. The minimum Gasteiger partial charge on any atom is -0.480 e. The van der Waals surface area contributed by atoms with Crippen LogP contribution < -0.4 is 32.7 Å². The number of nitrogens with two attached hydrogens (primary N) is 2. The van der Waals surface area contributed by atoms with E-state index in [0.29, 0.717) is 19.4 Å². The van der Waals surface area contributed by atoms with Crippen LogP contribution in [0.2, 0.25) is 0 Å². The van der Waals surface area contributed by atoms with Gasteiger partial charge in [0, 0.05) is 53.6 Å². The molecular weight excluding hydrogens is 602 g/mol. The monoisotopic (exact) mass is 643 g/mol. The fourth-order valence-corrected chi connectivity index (χ4v) is 5.95. The Labute approximate surface area is 271 Å². The predicted molar refractivity (Wildman–Crippen MR) is 178 cm³/mol. The molecule has 14 nitrogen and oxygen atoms in total. The number of guanidine groups is 1. The summed E-state index contributed by atoms with van der Waals surface area (Å²) in [6.07, 6.45) is 5.68. The van der Waals surface area contributed by atoms with E-state index in [0.717, 1.165) is 39.4 Å². The number of hydrogen-bond acceptors (Lipinski definition) is 6. The molecule has 4 unspecified atom stereocenters. The molecule has 0 saturated carbocycles. The Bertz CT molecular complexity index is 1750. The van der Waals surface area contributed by atoms with Gasteiger partial charge in [0.1, 0.15) is 18.1 Å². The Balaban J connectivity index is 1.40. The number of fused-ring (bicyclic) bond motifs is 2. The zero-order chi connectivity index (χ0) is 33.3. The fourth-order valence-electron chi connectivity index (χ4n) is 5.95. The van der Waals surface area contributed by atoms with Crippen molar-refractivity contribution >= 4 is 51.5 Å². The second-order valence-corrected chi connectivity index (χ2v) is 11.7. The van der Waals surface area contributed by atoms with Crippen molar-refractivity contribution in [2.45, 2.75) is 62.7 Å². The van der Waals surface area contributed by atoms with E-state index in [1.54, 1.807) is 12.4 Å². The number of nitrogens with one attached hydrogen (secondary N) is 6. The van der Waals surface area contributed by atoms with E-state index in [9.17, 15) is 24.3 Å². The lowest BCUT2D eigenvalue weighted by Gasteiger charge is -2.25. The van der Waals surface area contributed by atoms with Crippen molar-refractivity contribution < 1.29 is 24.3 Å². The summed E-state index contributed by atoms with van der Waals surface area (Å²) in [7, 11) is 0. The highest BCUT2D eigenvalue weighted by atomic mass is 16.4. The lowest BCUT2D eigenvalue weighted by atomic mass is 10.0. The average molecular weight is 644 g/mol. The quantitative estimate of drug-likeness (QED) is 0.0509. The van der Waals surface area contributed by atoms with Crippen LogP contribution in [0.3, 0.4) is 0 Å². The minimum atomic E-state index is -1.24. The summed E-state index contributed by atoms with van der Waals surface area (Å²) in [5, 5.41) is 23.1. The molecule has 1 aliphatic heterocycles. The van der Waals surface area contributed by atoms with E-state index in [2.05, 4.69) is 36.2 Å². The molecule has 1 aliphatic rings.